The first-order valence-corrected chi connectivity index (χ1v) is 15.4. The number of likely N-dealkylation sites (N-methyl/N-ethyl adjacent to an activating group) is 1. The largest absolute Gasteiger partial charge is 1.00 e. The number of hydrogen-bond donors (Lipinski definition) is 0. The second-order valence-electron chi connectivity index (χ2n) is 9.52. The Hall–Kier alpha value is -2.78. The molecule has 0 amide bonds. The fourth-order valence-corrected chi connectivity index (χ4v) is 6.00. The first kappa shape index (κ1) is 32.1. The Morgan fingerprint density at radius 2 is 1.67 bits per heavy atom. The van der Waals surface area contributed by atoms with Gasteiger partial charge in [-0.3, -0.25) is 13.8 Å². The van der Waals surface area contributed by atoms with Crippen LogP contribution in [0.5, 0.6) is 0 Å². The van der Waals surface area contributed by atoms with E-state index in [9.17, 15) is 22.6 Å². The quantitative estimate of drug-likeness (QED) is 0.0836. The van der Waals surface area contributed by atoms with Gasteiger partial charge in [0.1, 0.15) is 5.82 Å². The van der Waals surface area contributed by atoms with E-state index in [-0.39, 0.29) is 59.8 Å². The minimum atomic E-state index is -4.73. The van der Waals surface area contributed by atoms with Crippen molar-refractivity contribution in [3.05, 3.63) is 70.1 Å². The van der Waals surface area contributed by atoms with Gasteiger partial charge in [0.15, 0.2) is 11.6 Å². The molecular weight excluding hydrogens is 589 g/mol. The van der Waals surface area contributed by atoms with Gasteiger partial charge < -0.3 is 14.4 Å². The van der Waals surface area contributed by atoms with Gasteiger partial charge in [-0.05, 0) is 56.5 Å². The van der Waals surface area contributed by atoms with Gasteiger partial charge in [-0.2, -0.15) is 4.98 Å². The molecule has 0 bridgehead atoms. The summed E-state index contributed by atoms with van der Waals surface area (Å²) < 4.78 is 36.4. The predicted molar refractivity (Wildman–Crippen MR) is 155 cm³/mol. The number of benzene rings is 2. The fourth-order valence-electron chi connectivity index (χ4n) is 4.87. The van der Waals surface area contributed by atoms with Crippen molar-refractivity contribution in [3.63, 3.8) is 0 Å². The second-order valence-corrected chi connectivity index (χ2v) is 11.6. The van der Waals surface area contributed by atoms with Crippen LogP contribution in [0.15, 0.2) is 64.3 Å². The number of anilines is 2. The van der Waals surface area contributed by atoms with Crippen LogP contribution in [0, 0.1) is 0 Å². The Kier molecular flexibility index (Phi) is 10.8. The number of rotatable bonds is 10. The molecule has 42 heavy (non-hydrogen) atoms. The zero-order chi connectivity index (χ0) is 29.0. The van der Waals surface area contributed by atoms with Gasteiger partial charge in [0, 0.05) is 43.0 Å². The summed E-state index contributed by atoms with van der Waals surface area (Å²) >= 11 is 1.27. The summed E-state index contributed by atoms with van der Waals surface area (Å²) in [6.45, 7) is 4.13. The molecule has 1 aromatic heterocycles. The molecule has 0 radical (unpaired) electrons. The minimum Gasteiger partial charge on any atom is -0.726 e. The number of aromatic nitrogens is 1. The molecule has 0 unspecified atom stereocenters. The Morgan fingerprint density at radius 3 is 2.26 bits per heavy atom. The van der Waals surface area contributed by atoms with Crippen LogP contribution < -0.4 is 39.4 Å². The molecule has 1 aliphatic carbocycles. The van der Waals surface area contributed by atoms with E-state index in [2.05, 4.69) is 19.3 Å². The molecule has 1 saturated heterocycles. The van der Waals surface area contributed by atoms with Crippen molar-refractivity contribution < 1.29 is 56.3 Å². The summed E-state index contributed by atoms with van der Waals surface area (Å²) in [5.41, 5.74) is 2.35. The van der Waals surface area contributed by atoms with Gasteiger partial charge in [0.2, 0.25) is 15.5 Å². The number of carbonyl (C=O) groups is 2. The van der Waals surface area contributed by atoms with E-state index in [0.29, 0.717) is 39.2 Å². The van der Waals surface area contributed by atoms with Crippen LogP contribution in [0.25, 0.3) is 6.08 Å². The van der Waals surface area contributed by atoms with Crippen LogP contribution in [0.4, 0.5) is 22.3 Å². The minimum absolute atomic E-state index is 0. The summed E-state index contributed by atoms with van der Waals surface area (Å²) in [6, 6.07) is 14.0. The normalized spacial score (nSPS) is 15.2. The molecule has 2 aliphatic rings. The summed E-state index contributed by atoms with van der Waals surface area (Å²) in [5.74, 6) is 0.132. The number of hydrogen-bond acceptors (Lipinski definition) is 12. The van der Waals surface area contributed by atoms with Gasteiger partial charge in [-0.1, -0.05) is 35.6 Å². The molecule has 0 saturated carbocycles. The van der Waals surface area contributed by atoms with E-state index in [1.54, 1.807) is 42.5 Å². The number of carbonyl (C=O) groups excluding carboxylic acids is 2. The Labute approximate surface area is 270 Å². The number of ketones is 2. The third kappa shape index (κ3) is 7.59. The first-order valence-electron chi connectivity index (χ1n) is 13.3. The average molecular weight is 618 g/mol. The van der Waals surface area contributed by atoms with Crippen molar-refractivity contribution in [2.24, 2.45) is 10.2 Å². The predicted octanol–water partition coefficient (Wildman–Crippen LogP) is 2.32. The molecule has 214 valence electrons. The van der Waals surface area contributed by atoms with Crippen LogP contribution >= 0.6 is 11.3 Å². The van der Waals surface area contributed by atoms with E-state index in [1.807, 2.05) is 24.0 Å². The molecule has 5 rings (SSSR count). The number of nitrogens with zero attached hydrogens (tertiary/aromatic N) is 5. The van der Waals surface area contributed by atoms with Crippen LogP contribution in [-0.2, 0) is 14.6 Å². The van der Waals surface area contributed by atoms with E-state index >= 15 is 0 Å². The molecule has 14 heteroatoms. The summed E-state index contributed by atoms with van der Waals surface area (Å²) in [6.07, 6.45) is 4.86. The van der Waals surface area contributed by atoms with E-state index < -0.39 is 10.4 Å². The zero-order valence-electron chi connectivity index (χ0n) is 23.4. The molecular formula is C28H28N5NaO6S2. The van der Waals surface area contributed by atoms with Gasteiger partial charge in [0.05, 0.1) is 22.7 Å². The smallest absolute Gasteiger partial charge is 0.726 e. The monoisotopic (exact) mass is 617 g/mol. The van der Waals surface area contributed by atoms with Crippen LogP contribution in [0.3, 0.4) is 0 Å². The summed E-state index contributed by atoms with van der Waals surface area (Å²) in [5, 5.41) is 9.08. The van der Waals surface area contributed by atoms with Gasteiger partial charge >= 0.3 is 29.6 Å². The summed E-state index contributed by atoms with van der Waals surface area (Å²) in [7, 11) is -4.73. The SMILES string of the molecule is CCN(CCOS(=O)(=O)[O-])c1ccc(/N=N/c2nc(N3CCCCC3)c(C=C3C(=O)c4ccccc4C3=O)s2)cc1.[Na+]. The maximum Gasteiger partial charge on any atom is 1.00 e. The molecule has 2 aromatic carbocycles. The van der Waals surface area contributed by atoms with E-state index in [1.165, 1.54) is 11.3 Å². The third-order valence-corrected chi connectivity index (χ3v) is 8.23. The van der Waals surface area contributed by atoms with Crippen LogP contribution in [0.1, 0.15) is 51.8 Å². The van der Waals surface area contributed by atoms with Gasteiger partial charge in [-0.25, -0.2) is 8.42 Å². The van der Waals surface area contributed by atoms with Crippen molar-refractivity contribution in [2.45, 2.75) is 26.2 Å². The summed E-state index contributed by atoms with van der Waals surface area (Å²) in [4.78, 5) is 35.5. The van der Waals surface area contributed by atoms with E-state index in [0.717, 1.165) is 38.0 Å². The molecule has 0 N–H and O–H groups in total. The number of allylic oxidation sites excluding steroid dienone is 1. The second kappa shape index (κ2) is 14.1. The fraction of sp³-hybridized carbons (Fsp3) is 0.321. The number of Topliss-reactive ketones (excluding diaryl/α,β-unsaturated/α-hetero) is 2. The molecule has 1 aliphatic heterocycles. The standard InChI is InChI=1S/C28H29N5O6S2.Na/c1-2-32(16-17-39-41(36,37)38)20-12-10-19(11-13-20)30-31-28-29-27(33-14-6-3-7-15-33)24(40-28)18-23-25(34)21-8-4-5-9-22(21)26(23)35;/h4-5,8-13,18H,2-3,6-7,14-17H2,1H3,(H,36,37,38);/q;+1/p-1/b31-30+;. The number of piperidine rings is 1. The van der Waals surface area contributed by atoms with Crippen LogP contribution in [0.2, 0.25) is 0 Å². The van der Waals surface area contributed by atoms with Crippen molar-refractivity contribution >= 4 is 61.7 Å². The topological polar surface area (TPSA) is 145 Å². The van der Waals surface area contributed by atoms with Crippen molar-refractivity contribution in [1.29, 1.82) is 0 Å². The van der Waals surface area contributed by atoms with Crippen LogP contribution in [-0.4, -0.2) is 62.3 Å². The molecule has 0 atom stereocenters. The Morgan fingerprint density at radius 1 is 1.02 bits per heavy atom. The van der Waals surface area contributed by atoms with Crippen molar-refractivity contribution in [2.75, 3.05) is 42.6 Å². The molecule has 0 spiro atoms. The molecule has 11 nitrogen and oxygen atoms in total. The zero-order valence-corrected chi connectivity index (χ0v) is 27.0. The third-order valence-electron chi connectivity index (χ3n) is 6.90. The Bertz CT molecular complexity index is 1580. The first-order chi connectivity index (χ1) is 19.7. The van der Waals surface area contributed by atoms with E-state index in [4.69, 9.17) is 4.98 Å². The van der Waals surface area contributed by atoms with Gasteiger partial charge in [-0.15, -0.1) is 10.2 Å². The Balaban J connectivity index is 0.00000405. The van der Waals surface area contributed by atoms with Gasteiger partial charge in [0.25, 0.3) is 0 Å². The van der Waals surface area contributed by atoms with Crippen molar-refractivity contribution in [1.82, 2.24) is 4.98 Å². The molecule has 2 heterocycles. The maximum absolute atomic E-state index is 13.0. The van der Waals surface area contributed by atoms with Crippen molar-refractivity contribution in [3.8, 4) is 0 Å². The average Bonchev–Trinajstić information content (AvgIpc) is 3.49. The molecule has 1 fully saturated rings. The maximum atomic E-state index is 13.0. The molecule has 3 aromatic rings. The number of thiazole rings is 1. The number of azo groups is 1. The number of fused-ring (bicyclic) bond motifs is 1.